The van der Waals surface area contributed by atoms with Crippen LogP contribution in [0.5, 0.6) is 0 Å². The molecule has 0 fully saturated rings. The summed E-state index contributed by atoms with van der Waals surface area (Å²) in [5, 5.41) is 0. The van der Waals surface area contributed by atoms with E-state index in [0.717, 1.165) is 0 Å². The average Bonchev–Trinajstić information content (AvgIpc) is 2.51. The second-order valence-corrected chi connectivity index (χ2v) is 6.51. The van der Waals surface area contributed by atoms with E-state index in [1.807, 2.05) is 0 Å². The van der Waals surface area contributed by atoms with Gasteiger partial charge in [-0.2, -0.15) is 0 Å². The Balaban J connectivity index is 2.22. The van der Waals surface area contributed by atoms with Crippen LogP contribution in [0.1, 0.15) is 31.8 Å². The molecular formula is C14H8O6S2. The highest BCUT2D eigenvalue weighted by Crippen LogP contribution is 2.29. The molecule has 22 heavy (non-hydrogen) atoms. The molecule has 0 heterocycles. The third-order valence-corrected chi connectivity index (χ3v) is 4.68. The number of rotatable bonds is 2. The molecule has 2 unspecified atom stereocenters. The van der Waals surface area contributed by atoms with Crippen molar-refractivity contribution in [1.29, 1.82) is 0 Å². The fourth-order valence-electron chi connectivity index (χ4n) is 2.33. The van der Waals surface area contributed by atoms with Gasteiger partial charge in [-0.05, 0) is 36.4 Å². The van der Waals surface area contributed by atoms with E-state index < -0.39 is 33.7 Å². The summed E-state index contributed by atoms with van der Waals surface area (Å²) in [7, 11) is 0. The van der Waals surface area contributed by atoms with Crippen LogP contribution in [0, 0.1) is 0 Å². The van der Waals surface area contributed by atoms with Gasteiger partial charge < -0.3 is 9.11 Å². The number of carbonyl (C=O) groups is 2. The van der Waals surface area contributed by atoms with E-state index in [9.17, 15) is 18.0 Å². The molecule has 0 amide bonds. The van der Waals surface area contributed by atoms with Crippen molar-refractivity contribution in [3.8, 4) is 0 Å². The van der Waals surface area contributed by atoms with Crippen molar-refractivity contribution in [2.45, 2.75) is 9.79 Å². The van der Waals surface area contributed by atoms with Crippen LogP contribution >= 0.6 is 0 Å². The Morgan fingerprint density at radius 1 is 0.636 bits per heavy atom. The number of carbonyl (C=O) groups excluding carboxylic acids is 2. The molecule has 2 N–H and O–H groups in total. The van der Waals surface area contributed by atoms with Crippen LogP contribution in [0.4, 0.5) is 0 Å². The van der Waals surface area contributed by atoms with Crippen LogP contribution < -0.4 is 0 Å². The molecule has 2 aromatic rings. The van der Waals surface area contributed by atoms with Gasteiger partial charge in [0.25, 0.3) is 0 Å². The van der Waals surface area contributed by atoms with Crippen molar-refractivity contribution >= 4 is 33.7 Å². The first-order chi connectivity index (χ1) is 10.4. The smallest absolute Gasteiger partial charge is 0.194 e. The highest BCUT2D eigenvalue weighted by molar-refractivity contribution is 7.79. The maximum atomic E-state index is 12.4. The Hall–Kier alpha value is -2.00. The topological polar surface area (TPSA) is 109 Å². The third-order valence-electron chi connectivity index (χ3n) is 3.36. The number of hydrogen-bond acceptors (Lipinski definition) is 4. The van der Waals surface area contributed by atoms with E-state index >= 15 is 0 Å². The van der Waals surface area contributed by atoms with Crippen molar-refractivity contribution in [1.82, 2.24) is 0 Å². The molecule has 6 nitrogen and oxygen atoms in total. The van der Waals surface area contributed by atoms with E-state index in [4.69, 9.17) is 9.11 Å². The summed E-state index contributed by atoms with van der Waals surface area (Å²) in [5.74, 6) is -0.931. The van der Waals surface area contributed by atoms with Gasteiger partial charge in [-0.25, -0.2) is 8.42 Å². The van der Waals surface area contributed by atoms with Crippen molar-refractivity contribution in [3.63, 3.8) is 0 Å². The van der Waals surface area contributed by atoms with Gasteiger partial charge in [0.2, 0.25) is 0 Å². The second kappa shape index (κ2) is 5.33. The van der Waals surface area contributed by atoms with Crippen molar-refractivity contribution in [3.05, 3.63) is 58.7 Å². The minimum absolute atomic E-state index is 0.0245. The van der Waals surface area contributed by atoms with Gasteiger partial charge >= 0.3 is 0 Å². The molecule has 1 aliphatic carbocycles. The summed E-state index contributed by atoms with van der Waals surface area (Å²) in [6.45, 7) is 0. The SMILES string of the molecule is O=C1c2ccc(S(=O)O)cc2C(=O)c2ccc(S(=O)O)cc21. The average molecular weight is 336 g/mol. The normalized spacial score (nSPS) is 15.9. The van der Waals surface area contributed by atoms with Crippen LogP contribution in [0.3, 0.4) is 0 Å². The summed E-state index contributed by atoms with van der Waals surface area (Å²) in [5.41, 5.74) is 0.311. The van der Waals surface area contributed by atoms with E-state index in [0.29, 0.717) is 0 Å². The molecule has 0 bridgehead atoms. The first-order valence-corrected chi connectivity index (χ1v) is 8.20. The highest BCUT2D eigenvalue weighted by Gasteiger charge is 2.30. The van der Waals surface area contributed by atoms with Crippen molar-refractivity contribution in [2.75, 3.05) is 0 Å². The van der Waals surface area contributed by atoms with Crippen LogP contribution in [0.2, 0.25) is 0 Å². The highest BCUT2D eigenvalue weighted by atomic mass is 32.2. The van der Waals surface area contributed by atoms with Gasteiger partial charge in [0.15, 0.2) is 33.7 Å². The minimum atomic E-state index is -2.26. The first-order valence-electron chi connectivity index (χ1n) is 5.99. The molecule has 0 saturated heterocycles. The standard InChI is InChI=1S/C14H8O6S2/c15-13-9-3-1-7(21(17)18)5-11(9)14(16)10-4-2-8(22(19)20)6-12(10)13/h1-6H,(H,17,18)(H,19,20). The number of benzene rings is 2. The molecule has 0 spiro atoms. The third kappa shape index (κ3) is 2.26. The lowest BCUT2D eigenvalue weighted by Crippen LogP contribution is -2.21. The van der Waals surface area contributed by atoms with Crippen LogP contribution in [-0.4, -0.2) is 29.1 Å². The fraction of sp³-hybridized carbons (Fsp3) is 0. The predicted octanol–water partition coefficient (Wildman–Crippen LogP) is 1.62. The lowest BCUT2D eigenvalue weighted by atomic mass is 9.84. The van der Waals surface area contributed by atoms with Gasteiger partial charge in [0.05, 0.1) is 9.79 Å². The van der Waals surface area contributed by atoms with Gasteiger partial charge in [-0.1, -0.05) is 0 Å². The van der Waals surface area contributed by atoms with E-state index in [1.54, 1.807) is 0 Å². The minimum Gasteiger partial charge on any atom is -0.302 e. The van der Waals surface area contributed by atoms with Gasteiger partial charge in [0.1, 0.15) is 0 Å². The second-order valence-electron chi connectivity index (χ2n) is 4.57. The molecule has 2 aromatic carbocycles. The molecule has 8 heteroatoms. The Morgan fingerprint density at radius 2 is 1.00 bits per heavy atom. The summed E-state index contributed by atoms with van der Waals surface area (Å²) in [6, 6.07) is 7.63. The maximum absolute atomic E-state index is 12.4. The Bertz CT molecular complexity index is 813. The quantitative estimate of drug-likeness (QED) is 0.688. The molecule has 0 aromatic heterocycles. The summed E-state index contributed by atoms with van der Waals surface area (Å²) in [6.07, 6.45) is 0. The predicted molar refractivity (Wildman–Crippen MR) is 77.8 cm³/mol. The van der Waals surface area contributed by atoms with E-state index in [-0.39, 0.29) is 32.0 Å². The largest absolute Gasteiger partial charge is 0.302 e. The Kier molecular flexibility index (Phi) is 3.61. The summed E-state index contributed by atoms with van der Waals surface area (Å²) in [4.78, 5) is 24.9. The fourth-order valence-corrected chi connectivity index (χ4v) is 3.13. The molecule has 0 saturated carbocycles. The maximum Gasteiger partial charge on any atom is 0.194 e. The Labute approximate surface area is 129 Å². The van der Waals surface area contributed by atoms with Gasteiger partial charge in [-0.15, -0.1) is 0 Å². The van der Waals surface area contributed by atoms with E-state index in [2.05, 4.69) is 0 Å². The number of ketones is 2. The summed E-state index contributed by atoms with van der Waals surface area (Å²) < 4.78 is 40.4. The van der Waals surface area contributed by atoms with Crippen LogP contribution in [0.25, 0.3) is 0 Å². The molecule has 112 valence electrons. The number of fused-ring (bicyclic) bond motifs is 2. The van der Waals surface area contributed by atoms with E-state index in [1.165, 1.54) is 36.4 Å². The molecule has 3 rings (SSSR count). The molecule has 0 radical (unpaired) electrons. The number of hydrogen-bond donors (Lipinski definition) is 2. The lowest BCUT2D eigenvalue weighted by Gasteiger charge is -2.18. The van der Waals surface area contributed by atoms with Gasteiger partial charge in [-0.3, -0.25) is 9.59 Å². The monoisotopic (exact) mass is 336 g/mol. The molecule has 1 aliphatic rings. The van der Waals surface area contributed by atoms with Gasteiger partial charge in [0, 0.05) is 22.3 Å². The first kappa shape index (κ1) is 14.9. The zero-order valence-electron chi connectivity index (χ0n) is 10.8. The van der Waals surface area contributed by atoms with Crippen molar-refractivity contribution < 1.29 is 27.1 Å². The van der Waals surface area contributed by atoms with Crippen molar-refractivity contribution in [2.24, 2.45) is 0 Å². The zero-order valence-corrected chi connectivity index (χ0v) is 12.4. The van der Waals surface area contributed by atoms with Crippen LogP contribution in [-0.2, 0) is 22.2 Å². The molecular weight excluding hydrogens is 328 g/mol. The lowest BCUT2D eigenvalue weighted by molar-refractivity contribution is 0.0978. The molecule has 2 atom stereocenters. The van der Waals surface area contributed by atoms with Crippen LogP contribution in [0.15, 0.2) is 46.2 Å². The molecule has 0 aliphatic heterocycles. The summed E-state index contributed by atoms with van der Waals surface area (Å²) >= 11 is -4.52. The zero-order chi connectivity index (χ0) is 16.0. The Morgan fingerprint density at radius 3 is 1.32 bits per heavy atom.